The summed E-state index contributed by atoms with van der Waals surface area (Å²) < 4.78 is 0. The Labute approximate surface area is 102 Å². The molecule has 0 unspecified atom stereocenters. The SMILES string of the molecule is Cc1cccc(CCNc2ccc(N)cn2)c1. The molecule has 3 N–H and O–H groups in total. The zero-order valence-corrected chi connectivity index (χ0v) is 9.98. The Morgan fingerprint density at radius 3 is 2.82 bits per heavy atom. The number of nitrogens with two attached hydrogens (primary N) is 1. The van der Waals surface area contributed by atoms with Gasteiger partial charge in [0.15, 0.2) is 0 Å². The standard InChI is InChI=1S/C14H17N3/c1-11-3-2-4-12(9-11)7-8-16-14-6-5-13(15)10-17-14/h2-6,9-10H,7-8,15H2,1H3,(H,16,17). The zero-order valence-electron chi connectivity index (χ0n) is 9.98. The maximum absolute atomic E-state index is 5.57. The van der Waals surface area contributed by atoms with Crippen molar-refractivity contribution in [2.24, 2.45) is 0 Å². The predicted octanol–water partition coefficient (Wildman–Crippen LogP) is 2.63. The predicted molar refractivity (Wildman–Crippen MR) is 72.0 cm³/mol. The van der Waals surface area contributed by atoms with E-state index in [-0.39, 0.29) is 0 Å². The molecule has 2 rings (SSSR count). The molecular weight excluding hydrogens is 210 g/mol. The van der Waals surface area contributed by atoms with Crippen LogP contribution in [0.5, 0.6) is 0 Å². The summed E-state index contributed by atoms with van der Waals surface area (Å²) >= 11 is 0. The highest BCUT2D eigenvalue weighted by Gasteiger charge is 1.95. The van der Waals surface area contributed by atoms with Gasteiger partial charge in [-0.3, -0.25) is 0 Å². The molecule has 1 aromatic carbocycles. The summed E-state index contributed by atoms with van der Waals surface area (Å²) in [6.45, 7) is 2.98. The van der Waals surface area contributed by atoms with Gasteiger partial charge >= 0.3 is 0 Å². The second kappa shape index (κ2) is 5.34. The number of nitrogen functional groups attached to an aromatic ring is 1. The van der Waals surface area contributed by atoms with Crippen LogP contribution < -0.4 is 11.1 Å². The summed E-state index contributed by atoms with van der Waals surface area (Å²) in [5.74, 6) is 0.867. The van der Waals surface area contributed by atoms with E-state index in [1.807, 2.05) is 12.1 Å². The lowest BCUT2D eigenvalue weighted by molar-refractivity contribution is 1.00. The summed E-state index contributed by atoms with van der Waals surface area (Å²) in [5, 5.41) is 3.27. The Bertz CT molecular complexity index is 477. The Kier molecular flexibility index (Phi) is 3.60. The number of nitrogens with zero attached hydrogens (tertiary/aromatic N) is 1. The molecule has 3 nitrogen and oxygen atoms in total. The molecule has 0 radical (unpaired) electrons. The molecule has 0 aliphatic carbocycles. The molecule has 0 atom stereocenters. The van der Waals surface area contributed by atoms with E-state index in [0.29, 0.717) is 5.69 Å². The normalized spacial score (nSPS) is 10.2. The molecule has 1 aromatic heterocycles. The van der Waals surface area contributed by atoms with Gasteiger partial charge in [-0.2, -0.15) is 0 Å². The number of anilines is 2. The van der Waals surface area contributed by atoms with E-state index in [2.05, 4.69) is 41.5 Å². The van der Waals surface area contributed by atoms with Crippen LogP contribution in [-0.4, -0.2) is 11.5 Å². The van der Waals surface area contributed by atoms with Crippen LogP contribution in [-0.2, 0) is 6.42 Å². The summed E-state index contributed by atoms with van der Waals surface area (Å²) in [7, 11) is 0. The van der Waals surface area contributed by atoms with E-state index in [1.165, 1.54) is 11.1 Å². The van der Waals surface area contributed by atoms with Crippen LogP contribution in [0.15, 0.2) is 42.6 Å². The van der Waals surface area contributed by atoms with Crippen LogP contribution in [0.4, 0.5) is 11.5 Å². The summed E-state index contributed by atoms with van der Waals surface area (Å²) in [5.41, 5.74) is 8.90. The molecule has 0 amide bonds. The van der Waals surface area contributed by atoms with Crippen LogP contribution in [0.3, 0.4) is 0 Å². The molecule has 0 fully saturated rings. The third-order valence-electron chi connectivity index (χ3n) is 2.59. The third kappa shape index (κ3) is 3.48. The number of pyridine rings is 1. The third-order valence-corrected chi connectivity index (χ3v) is 2.59. The Balaban J connectivity index is 1.85. The Hall–Kier alpha value is -2.03. The zero-order chi connectivity index (χ0) is 12.1. The average molecular weight is 227 g/mol. The van der Waals surface area contributed by atoms with Crippen LogP contribution in [0.25, 0.3) is 0 Å². The molecule has 1 heterocycles. The smallest absolute Gasteiger partial charge is 0.126 e. The highest BCUT2D eigenvalue weighted by atomic mass is 15.0. The van der Waals surface area contributed by atoms with Crippen LogP contribution in [0.2, 0.25) is 0 Å². The van der Waals surface area contributed by atoms with Crippen LogP contribution in [0.1, 0.15) is 11.1 Å². The van der Waals surface area contributed by atoms with E-state index >= 15 is 0 Å². The summed E-state index contributed by atoms with van der Waals surface area (Å²) in [6.07, 6.45) is 2.66. The summed E-state index contributed by atoms with van der Waals surface area (Å²) in [4.78, 5) is 4.19. The van der Waals surface area contributed by atoms with Crippen molar-refractivity contribution in [1.82, 2.24) is 4.98 Å². The van der Waals surface area contributed by atoms with Crippen molar-refractivity contribution in [2.75, 3.05) is 17.6 Å². The molecule has 17 heavy (non-hydrogen) atoms. The van der Waals surface area contributed by atoms with Crippen molar-refractivity contribution in [3.8, 4) is 0 Å². The lowest BCUT2D eigenvalue weighted by atomic mass is 10.1. The number of benzene rings is 1. The first-order valence-corrected chi connectivity index (χ1v) is 5.75. The molecule has 0 spiro atoms. The van der Waals surface area contributed by atoms with E-state index in [1.54, 1.807) is 6.20 Å². The van der Waals surface area contributed by atoms with Gasteiger partial charge in [0, 0.05) is 6.54 Å². The van der Waals surface area contributed by atoms with Gasteiger partial charge < -0.3 is 11.1 Å². The number of aryl methyl sites for hydroxylation is 1. The lowest BCUT2D eigenvalue weighted by Gasteiger charge is -2.06. The second-order valence-corrected chi connectivity index (χ2v) is 4.14. The van der Waals surface area contributed by atoms with Crippen molar-refractivity contribution >= 4 is 11.5 Å². The van der Waals surface area contributed by atoms with Crippen LogP contribution in [0, 0.1) is 6.92 Å². The van der Waals surface area contributed by atoms with Crippen molar-refractivity contribution in [2.45, 2.75) is 13.3 Å². The van der Waals surface area contributed by atoms with Crippen molar-refractivity contribution < 1.29 is 0 Å². The van der Waals surface area contributed by atoms with Gasteiger partial charge in [0.05, 0.1) is 11.9 Å². The Morgan fingerprint density at radius 1 is 1.24 bits per heavy atom. The first-order chi connectivity index (χ1) is 8.24. The van der Waals surface area contributed by atoms with Crippen LogP contribution >= 0.6 is 0 Å². The largest absolute Gasteiger partial charge is 0.397 e. The van der Waals surface area contributed by atoms with Crippen molar-refractivity contribution in [3.05, 3.63) is 53.7 Å². The average Bonchev–Trinajstić information content (AvgIpc) is 2.32. The number of rotatable bonds is 4. The first-order valence-electron chi connectivity index (χ1n) is 5.75. The van der Waals surface area contributed by atoms with Crippen molar-refractivity contribution in [3.63, 3.8) is 0 Å². The minimum absolute atomic E-state index is 0.689. The van der Waals surface area contributed by atoms with Gasteiger partial charge in [-0.05, 0) is 31.0 Å². The number of hydrogen-bond acceptors (Lipinski definition) is 3. The molecule has 0 aliphatic rings. The number of aromatic nitrogens is 1. The minimum Gasteiger partial charge on any atom is -0.397 e. The summed E-state index contributed by atoms with van der Waals surface area (Å²) in [6, 6.07) is 12.3. The van der Waals surface area contributed by atoms with E-state index in [9.17, 15) is 0 Å². The topological polar surface area (TPSA) is 50.9 Å². The van der Waals surface area contributed by atoms with Crippen molar-refractivity contribution in [1.29, 1.82) is 0 Å². The Morgan fingerprint density at radius 2 is 2.12 bits per heavy atom. The maximum atomic E-state index is 5.57. The minimum atomic E-state index is 0.689. The quantitative estimate of drug-likeness (QED) is 0.844. The fourth-order valence-electron chi connectivity index (χ4n) is 1.71. The van der Waals surface area contributed by atoms with Gasteiger partial charge in [-0.1, -0.05) is 29.8 Å². The lowest BCUT2D eigenvalue weighted by Crippen LogP contribution is -2.06. The molecule has 88 valence electrons. The first kappa shape index (κ1) is 11.5. The fourth-order valence-corrected chi connectivity index (χ4v) is 1.71. The highest BCUT2D eigenvalue weighted by Crippen LogP contribution is 2.07. The van der Waals surface area contributed by atoms with E-state index in [0.717, 1.165) is 18.8 Å². The fraction of sp³-hybridized carbons (Fsp3) is 0.214. The second-order valence-electron chi connectivity index (χ2n) is 4.14. The molecule has 3 heteroatoms. The number of nitrogens with one attached hydrogen (secondary N) is 1. The van der Waals surface area contributed by atoms with Gasteiger partial charge in [0.1, 0.15) is 5.82 Å². The molecule has 0 bridgehead atoms. The highest BCUT2D eigenvalue weighted by molar-refractivity contribution is 5.43. The molecule has 0 aliphatic heterocycles. The van der Waals surface area contributed by atoms with E-state index < -0.39 is 0 Å². The van der Waals surface area contributed by atoms with Gasteiger partial charge in [-0.25, -0.2) is 4.98 Å². The maximum Gasteiger partial charge on any atom is 0.126 e. The monoisotopic (exact) mass is 227 g/mol. The van der Waals surface area contributed by atoms with E-state index in [4.69, 9.17) is 5.73 Å². The molecule has 2 aromatic rings. The molecule has 0 saturated heterocycles. The number of hydrogen-bond donors (Lipinski definition) is 2. The molecular formula is C14H17N3. The van der Waals surface area contributed by atoms with Gasteiger partial charge in [0.25, 0.3) is 0 Å². The van der Waals surface area contributed by atoms with Gasteiger partial charge in [-0.15, -0.1) is 0 Å². The van der Waals surface area contributed by atoms with Gasteiger partial charge in [0.2, 0.25) is 0 Å². The molecule has 0 saturated carbocycles.